The highest BCUT2D eigenvalue weighted by Gasteiger charge is 2.71. The topological polar surface area (TPSA) is 128 Å². The van der Waals surface area contributed by atoms with E-state index in [1.165, 1.54) is 14.0 Å². The third-order valence-electron chi connectivity index (χ3n) is 5.58. The molecule has 4 aliphatic rings. The van der Waals surface area contributed by atoms with E-state index in [4.69, 9.17) is 15.2 Å². The quantitative estimate of drug-likeness (QED) is 0.569. The number of aliphatic hydroxyl groups is 1. The molecule has 2 fully saturated rings. The average molecular weight is 348 g/mol. The first-order valence-corrected chi connectivity index (χ1v) is 7.84. The number of primary amides is 1. The van der Waals surface area contributed by atoms with Gasteiger partial charge in [-0.3, -0.25) is 9.69 Å². The Morgan fingerprint density at radius 1 is 1.52 bits per heavy atom. The Labute approximate surface area is 143 Å². The molecule has 134 valence electrons. The number of fused-ring (bicyclic) bond motifs is 5. The maximum Gasteiger partial charge on any atom is 0.404 e. The molecule has 0 bridgehead atoms. The number of ketones is 1. The molecule has 4 rings (SSSR count). The van der Waals surface area contributed by atoms with Crippen LogP contribution in [0.3, 0.4) is 0 Å². The van der Waals surface area contributed by atoms with Crippen LogP contribution in [-0.4, -0.2) is 71.9 Å². The number of rotatable bonds is 3. The number of ether oxygens (including phenoxy) is 2. The van der Waals surface area contributed by atoms with Gasteiger partial charge in [0.1, 0.15) is 6.61 Å². The second-order valence-electron chi connectivity index (χ2n) is 6.64. The van der Waals surface area contributed by atoms with Crippen LogP contribution >= 0.6 is 0 Å². The Morgan fingerprint density at radius 2 is 2.20 bits per heavy atom. The maximum absolute atomic E-state index is 12.9. The Hall–Kier alpha value is -2.52. The first-order chi connectivity index (χ1) is 11.7. The SMILES string of the molecule is COC1=C(C)C([O-])=C2C(=C(COC(N)=O)[C@@]3(O)[C@@H]4[C@H](CN23)N4C)C1=O. The predicted molar refractivity (Wildman–Crippen MR) is 81.3 cm³/mol. The summed E-state index contributed by atoms with van der Waals surface area (Å²) < 4.78 is 9.97. The molecule has 9 heteroatoms. The summed E-state index contributed by atoms with van der Waals surface area (Å²) in [6.45, 7) is 1.56. The summed E-state index contributed by atoms with van der Waals surface area (Å²) in [6.07, 6.45) is -1.02. The molecule has 25 heavy (non-hydrogen) atoms. The lowest BCUT2D eigenvalue weighted by molar-refractivity contribution is -0.301. The number of likely N-dealkylation sites (N-methyl/N-ethyl adjacent to an activating group) is 1. The van der Waals surface area contributed by atoms with Crippen molar-refractivity contribution in [1.82, 2.24) is 9.80 Å². The highest BCUT2D eigenvalue weighted by molar-refractivity contribution is 6.13. The van der Waals surface area contributed by atoms with Crippen molar-refractivity contribution in [2.75, 3.05) is 27.3 Å². The van der Waals surface area contributed by atoms with Crippen molar-refractivity contribution in [2.45, 2.75) is 24.7 Å². The van der Waals surface area contributed by atoms with Gasteiger partial charge in [0.05, 0.1) is 18.7 Å². The van der Waals surface area contributed by atoms with Crippen LogP contribution < -0.4 is 10.8 Å². The monoisotopic (exact) mass is 348 g/mol. The minimum absolute atomic E-state index is 0.0509. The lowest BCUT2D eigenvalue weighted by atomic mass is 9.90. The van der Waals surface area contributed by atoms with Crippen LogP contribution in [0.2, 0.25) is 0 Å². The molecule has 9 nitrogen and oxygen atoms in total. The number of carbonyl (C=O) groups is 2. The average Bonchev–Trinajstić information content (AvgIpc) is 2.96. The molecule has 3 N–H and O–H groups in total. The zero-order valence-electron chi connectivity index (χ0n) is 14.0. The van der Waals surface area contributed by atoms with Gasteiger partial charge < -0.3 is 30.3 Å². The van der Waals surface area contributed by atoms with Crippen LogP contribution in [0.4, 0.5) is 4.79 Å². The van der Waals surface area contributed by atoms with Crippen LogP contribution in [0.5, 0.6) is 0 Å². The van der Waals surface area contributed by atoms with Gasteiger partial charge in [-0.1, -0.05) is 5.76 Å². The van der Waals surface area contributed by atoms with Crippen LogP contribution in [-0.2, 0) is 14.3 Å². The Bertz CT molecular complexity index is 813. The van der Waals surface area contributed by atoms with Gasteiger partial charge in [-0.15, -0.1) is 0 Å². The number of piperazine rings is 1. The lowest BCUT2D eigenvalue weighted by Gasteiger charge is -2.37. The van der Waals surface area contributed by atoms with Gasteiger partial charge >= 0.3 is 6.09 Å². The Kier molecular flexibility index (Phi) is 3.05. The van der Waals surface area contributed by atoms with Gasteiger partial charge in [-0.05, 0) is 19.5 Å². The second-order valence-corrected chi connectivity index (χ2v) is 6.64. The summed E-state index contributed by atoms with van der Waals surface area (Å²) in [5.74, 6) is -0.936. The zero-order chi connectivity index (χ0) is 18.3. The number of nitrogens with two attached hydrogens (primary N) is 1. The molecule has 1 unspecified atom stereocenters. The minimum Gasteiger partial charge on any atom is -0.871 e. The molecule has 0 saturated carbocycles. The van der Waals surface area contributed by atoms with E-state index in [0.29, 0.717) is 6.54 Å². The Balaban J connectivity index is 1.92. The van der Waals surface area contributed by atoms with E-state index >= 15 is 0 Å². The van der Waals surface area contributed by atoms with Gasteiger partial charge in [-0.2, -0.15) is 0 Å². The molecule has 0 radical (unpaired) electrons. The summed E-state index contributed by atoms with van der Waals surface area (Å²) in [6, 6.07) is -0.213. The second kappa shape index (κ2) is 4.77. The normalized spacial score (nSPS) is 35.8. The summed E-state index contributed by atoms with van der Waals surface area (Å²) >= 11 is 0. The van der Waals surface area contributed by atoms with Crippen LogP contribution in [0, 0.1) is 0 Å². The summed E-state index contributed by atoms with van der Waals surface area (Å²) in [7, 11) is 3.16. The number of hydrogen-bond acceptors (Lipinski definition) is 8. The summed E-state index contributed by atoms with van der Waals surface area (Å²) in [4.78, 5) is 27.5. The van der Waals surface area contributed by atoms with Gasteiger partial charge in [0, 0.05) is 23.9 Å². The molecule has 0 aromatic rings. The fraction of sp³-hybridized carbons (Fsp3) is 0.500. The number of allylic oxidation sites excluding steroid dienone is 3. The number of hydrogen-bond donors (Lipinski definition) is 2. The smallest absolute Gasteiger partial charge is 0.404 e. The molecule has 4 atom stereocenters. The van der Waals surface area contributed by atoms with Gasteiger partial charge in [0.15, 0.2) is 11.5 Å². The number of amides is 1. The Morgan fingerprint density at radius 3 is 2.80 bits per heavy atom. The fourth-order valence-corrected chi connectivity index (χ4v) is 4.35. The predicted octanol–water partition coefficient (Wildman–Crippen LogP) is -1.85. The van der Waals surface area contributed by atoms with E-state index in [9.17, 15) is 19.8 Å². The van der Waals surface area contributed by atoms with Crippen LogP contribution in [0.15, 0.2) is 33.9 Å². The van der Waals surface area contributed by atoms with Crippen molar-refractivity contribution in [1.29, 1.82) is 0 Å². The minimum atomic E-state index is -1.58. The highest BCUT2D eigenvalue weighted by Crippen LogP contribution is 2.57. The van der Waals surface area contributed by atoms with Crippen molar-refractivity contribution in [3.8, 4) is 0 Å². The van der Waals surface area contributed by atoms with E-state index in [1.54, 1.807) is 4.90 Å². The van der Waals surface area contributed by atoms with Gasteiger partial charge in [0.25, 0.3) is 0 Å². The summed E-state index contributed by atoms with van der Waals surface area (Å²) in [5.41, 5.74) is 4.04. The third-order valence-corrected chi connectivity index (χ3v) is 5.58. The first-order valence-electron chi connectivity index (χ1n) is 7.84. The molecular formula is C16H18N3O6-. The van der Waals surface area contributed by atoms with Gasteiger partial charge in [0.2, 0.25) is 5.78 Å². The van der Waals surface area contributed by atoms with Crippen molar-refractivity contribution in [3.05, 3.63) is 33.9 Å². The largest absolute Gasteiger partial charge is 0.871 e. The van der Waals surface area contributed by atoms with Crippen molar-refractivity contribution < 1.29 is 29.3 Å². The molecule has 2 saturated heterocycles. The van der Waals surface area contributed by atoms with Gasteiger partial charge in [-0.25, -0.2) is 4.79 Å². The molecule has 0 aromatic heterocycles. The molecule has 1 aliphatic carbocycles. The molecule has 3 heterocycles. The number of methoxy groups -OCH3 is 1. The van der Waals surface area contributed by atoms with Crippen LogP contribution in [0.25, 0.3) is 0 Å². The third kappa shape index (κ3) is 1.74. The first kappa shape index (κ1) is 16.0. The van der Waals surface area contributed by atoms with Crippen molar-refractivity contribution in [3.63, 3.8) is 0 Å². The highest BCUT2D eigenvalue weighted by atomic mass is 16.5. The summed E-state index contributed by atoms with van der Waals surface area (Å²) in [5, 5.41) is 24.2. The molecule has 0 spiro atoms. The van der Waals surface area contributed by atoms with Crippen molar-refractivity contribution in [2.24, 2.45) is 5.73 Å². The number of nitrogens with zero attached hydrogens (tertiary/aromatic N) is 2. The van der Waals surface area contributed by atoms with E-state index < -0.39 is 17.6 Å². The molecular weight excluding hydrogens is 330 g/mol. The van der Waals surface area contributed by atoms with Crippen LogP contribution in [0.1, 0.15) is 6.92 Å². The van der Waals surface area contributed by atoms with E-state index in [-0.39, 0.29) is 52.6 Å². The molecule has 3 aliphatic heterocycles. The molecule has 0 aromatic carbocycles. The lowest BCUT2D eigenvalue weighted by Crippen LogP contribution is -2.50. The number of carbonyl (C=O) groups excluding carboxylic acids is 2. The van der Waals surface area contributed by atoms with E-state index in [1.807, 2.05) is 11.9 Å². The fourth-order valence-electron chi connectivity index (χ4n) is 4.35. The maximum atomic E-state index is 12.9. The van der Waals surface area contributed by atoms with E-state index in [0.717, 1.165) is 0 Å². The molecule has 1 amide bonds. The zero-order valence-corrected chi connectivity index (χ0v) is 14.0. The number of Topliss-reactive ketones (excluding diaryl/α,β-unsaturated/α-hetero) is 1. The standard InChI is InChI=1S/C16H19N3O6/c1-6-11(20)10-9(12(21)13(6)24-3)7(5-25-15(17)22)16(23)14-8(18(14)2)4-19(10)16/h8,14,20,23H,4-5H2,1-3H3,(H2,17,22)/p-1/t8-,14-,16+,18?/m0/s1. The van der Waals surface area contributed by atoms with Crippen molar-refractivity contribution >= 4 is 11.9 Å². The van der Waals surface area contributed by atoms with E-state index in [2.05, 4.69) is 0 Å².